The minimum absolute atomic E-state index is 0. The maximum absolute atomic E-state index is 4.00. The third-order valence-corrected chi connectivity index (χ3v) is 0. The van der Waals surface area contributed by atoms with Gasteiger partial charge in [-0.15, -0.1) is 12.4 Å². The Balaban J connectivity index is -0.0000000200. The quantitative estimate of drug-likeness (QED) is 0.364. The van der Waals surface area contributed by atoms with Crippen molar-refractivity contribution >= 4 is 12.4 Å². The molecule has 0 rings (SSSR count). The van der Waals surface area contributed by atoms with Gasteiger partial charge in [0.2, 0.25) is 0 Å². The average molecular weight is 147 g/mol. The summed E-state index contributed by atoms with van der Waals surface area (Å²) in [4.78, 5) is 0. The first-order valence-corrected chi connectivity index (χ1v) is 0.697. The first-order chi connectivity index (χ1) is 1.41. The summed E-state index contributed by atoms with van der Waals surface area (Å²) >= 11 is 0. The number of methoxy groups -OCH3 is 1. The van der Waals surface area contributed by atoms with Crippen LogP contribution in [0.4, 0.5) is 0 Å². The maximum Gasteiger partial charge on any atom is 0 e. The molecule has 3 heteroatoms. The predicted octanol–water partition coefficient (Wildman–Crippen LogP) is 0.844. The second-order valence-corrected chi connectivity index (χ2v) is 0.289. The van der Waals surface area contributed by atoms with Crippen LogP contribution in [0, 0.1) is 7.11 Å². The van der Waals surface area contributed by atoms with Gasteiger partial charge in [0.25, 0.3) is 0 Å². The Bertz CT molecular complexity index is 9.61. The number of halogens is 1. The maximum atomic E-state index is 4.00. The molecule has 0 spiro atoms. The van der Waals surface area contributed by atoms with Crippen molar-refractivity contribution in [2.75, 3.05) is 7.11 Å². The molecule has 0 heterocycles. The molecule has 0 fully saturated rings. The van der Waals surface area contributed by atoms with Gasteiger partial charge in [-0.1, -0.05) is 0 Å². The van der Waals surface area contributed by atoms with E-state index in [1.54, 1.807) is 0 Å². The Morgan fingerprint density at radius 2 is 1.60 bits per heavy atom. The van der Waals surface area contributed by atoms with E-state index in [-0.39, 0.29) is 31.9 Å². The molecule has 0 saturated carbocycles. The van der Waals surface area contributed by atoms with Crippen molar-refractivity contribution in [2.45, 2.75) is 0 Å². The summed E-state index contributed by atoms with van der Waals surface area (Å²) < 4.78 is 4.00. The molecule has 30 valence electrons. The monoisotopic (exact) mass is 145 g/mol. The zero-order chi connectivity index (χ0) is 2.71. The van der Waals surface area contributed by atoms with Crippen molar-refractivity contribution in [2.24, 2.45) is 0 Å². The molecule has 0 amide bonds. The summed E-state index contributed by atoms with van der Waals surface area (Å²) in [5.41, 5.74) is 0. The van der Waals surface area contributed by atoms with E-state index in [1.807, 2.05) is 0 Å². The van der Waals surface area contributed by atoms with Gasteiger partial charge in [0.1, 0.15) is 0 Å². The van der Waals surface area contributed by atoms with E-state index in [0.29, 0.717) is 0 Å². The Kier molecular flexibility index (Phi) is 70.4. The van der Waals surface area contributed by atoms with Gasteiger partial charge in [-0.2, -0.15) is 0 Å². The molecule has 0 aromatic carbocycles. The Morgan fingerprint density at radius 3 is 1.60 bits per heavy atom. The van der Waals surface area contributed by atoms with Crippen LogP contribution in [-0.4, -0.2) is 7.11 Å². The Labute approximate surface area is 51.3 Å². The Morgan fingerprint density at radius 1 is 1.60 bits per heavy atom. The van der Waals surface area contributed by atoms with Crippen molar-refractivity contribution in [3.63, 3.8) is 0 Å². The average Bonchev–Trinajstić information content (AvgIpc) is 0.918. The van der Waals surface area contributed by atoms with Crippen molar-refractivity contribution in [1.29, 1.82) is 0 Å². The SMILES string of the molecule is Cl.[CH2-]OC.[Zn]. The number of rotatable bonds is 0. The van der Waals surface area contributed by atoms with E-state index in [2.05, 4.69) is 11.8 Å². The van der Waals surface area contributed by atoms with Crippen molar-refractivity contribution < 1.29 is 24.2 Å². The molecule has 5 heavy (non-hydrogen) atoms. The van der Waals surface area contributed by atoms with Crippen LogP contribution in [0.2, 0.25) is 0 Å². The Hall–Kier alpha value is 0.873. The van der Waals surface area contributed by atoms with Gasteiger partial charge in [-0.05, 0) is 7.11 Å². The second kappa shape index (κ2) is 20.8. The standard InChI is InChI=1S/C2H5O.ClH.Zn/c1-3-2;;/h1H2,2H3;1H;/q-1;;. The largest absolute Gasteiger partial charge is 0.557 e. The third-order valence-electron chi connectivity index (χ3n) is 0. The summed E-state index contributed by atoms with van der Waals surface area (Å²) in [5.74, 6) is 0. The molecular formula is C2H6ClOZn-. The van der Waals surface area contributed by atoms with Crippen LogP contribution in [-0.2, 0) is 24.2 Å². The molecule has 0 aliphatic heterocycles. The topological polar surface area (TPSA) is 9.23 Å². The minimum Gasteiger partial charge on any atom is -0.557 e. The van der Waals surface area contributed by atoms with Gasteiger partial charge in [0.05, 0.1) is 0 Å². The van der Waals surface area contributed by atoms with Crippen molar-refractivity contribution in [3.05, 3.63) is 7.11 Å². The number of ether oxygens (including phenoxy) is 1. The first-order valence-electron chi connectivity index (χ1n) is 0.697. The van der Waals surface area contributed by atoms with Crippen LogP contribution in [0.25, 0.3) is 0 Å². The molecule has 0 unspecified atom stereocenters. The fraction of sp³-hybridized carbons (Fsp3) is 0.500. The van der Waals surface area contributed by atoms with Gasteiger partial charge < -0.3 is 4.74 Å². The van der Waals surface area contributed by atoms with E-state index < -0.39 is 0 Å². The minimum atomic E-state index is 0. The van der Waals surface area contributed by atoms with Crippen molar-refractivity contribution in [3.8, 4) is 0 Å². The molecule has 0 atom stereocenters. The van der Waals surface area contributed by atoms with Gasteiger partial charge in [-0.25, -0.2) is 7.11 Å². The number of hydrogen-bond acceptors (Lipinski definition) is 1. The molecule has 0 aliphatic carbocycles. The van der Waals surface area contributed by atoms with E-state index >= 15 is 0 Å². The summed E-state index contributed by atoms with van der Waals surface area (Å²) in [7, 11) is 4.50. The van der Waals surface area contributed by atoms with E-state index in [0.717, 1.165) is 0 Å². The van der Waals surface area contributed by atoms with E-state index in [1.165, 1.54) is 7.11 Å². The first kappa shape index (κ1) is 16.9. The predicted molar refractivity (Wildman–Crippen MR) is 19.6 cm³/mol. The molecule has 1 nitrogen and oxygen atoms in total. The third kappa shape index (κ3) is 52.7. The molecule has 0 saturated heterocycles. The second-order valence-electron chi connectivity index (χ2n) is 0.289. The summed E-state index contributed by atoms with van der Waals surface area (Å²) in [6, 6.07) is 0. The van der Waals surface area contributed by atoms with Crippen LogP contribution in [0.15, 0.2) is 0 Å². The van der Waals surface area contributed by atoms with Gasteiger partial charge in [0, 0.05) is 19.5 Å². The van der Waals surface area contributed by atoms with Crippen molar-refractivity contribution in [1.82, 2.24) is 0 Å². The van der Waals surface area contributed by atoms with Gasteiger partial charge in [-0.3, -0.25) is 0 Å². The van der Waals surface area contributed by atoms with Crippen LogP contribution >= 0.6 is 12.4 Å². The molecule has 0 bridgehead atoms. The molecule has 0 N–H and O–H groups in total. The zero-order valence-electron chi connectivity index (χ0n) is 3.23. The summed E-state index contributed by atoms with van der Waals surface area (Å²) in [6.07, 6.45) is 0. The van der Waals surface area contributed by atoms with Crippen LogP contribution < -0.4 is 0 Å². The van der Waals surface area contributed by atoms with Gasteiger partial charge >= 0.3 is 0 Å². The molecular weight excluding hydrogens is 141 g/mol. The van der Waals surface area contributed by atoms with E-state index in [4.69, 9.17) is 0 Å². The fourth-order valence-electron chi connectivity index (χ4n) is 0. The zero-order valence-corrected chi connectivity index (χ0v) is 7.01. The van der Waals surface area contributed by atoms with E-state index in [9.17, 15) is 0 Å². The smallest absolute Gasteiger partial charge is 0 e. The molecule has 0 aromatic heterocycles. The molecule has 0 aromatic rings. The fourth-order valence-corrected chi connectivity index (χ4v) is 0. The molecule has 0 radical (unpaired) electrons. The summed E-state index contributed by atoms with van der Waals surface area (Å²) in [6.45, 7) is 0. The van der Waals surface area contributed by atoms with Crippen LogP contribution in [0.3, 0.4) is 0 Å². The van der Waals surface area contributed by atoms with Crippen LogP contribution in [0.5, 0.6) is 0 Å². The normalized spacial score (nSPS) is 3.60. The molecule has 0 aliphatic rings. The van der Waals surface area contributed by atoms with Crippen LogP contribution in [0.1, 0.15) is 0 Å². The number of hydrogen-bond donors (Lipinski definition) is 0. The summed E-state index contributed by atoms with van der Waals surface area (Å²) in [5, 5.41) is 0. The van der Waals surface area contributed by atoms with Gasteiger partial charge in [0.15, 0.2) is 0 Å².